The lowest BCUT2D eigenvalue weighted by Gasteiger charge is -2.23. The van der Waals surface area contributed by atoms with Gasteiger partial charge in [-0.3, -0.25) is 4.79 Å². The number of ether oxygens (including phenoxy) is 2. The number of carbonyl (C=O) groups excluding carboxylic acids is 1. The Hall–Kier alpha value is -3.27. The van der Waals surface area contributed by atoms with Crippen LogP contribution in [0, 0.1) is 6.92 Å². The van der Waals surface area contributed by atoms with Crippen molar-refractivity contribution in [3.63, 3.8) is 0 Å². The second-order valence-corrected chi connectivity index (χ2v) is 6.70. The highest BCUT2D eigenvalue weighted by Crippen LogP contribution is 2.23. The van der Waals surface area contributed by atoms with Crippen LogP contribution in [0.2, 0.25) is 0 Å². The molecule has 144 valence electrons. The van der Waals surface area contributed by atoms with E-state index in [2.05, 4.69) is 17.4 Å². The van der Waals surface area contributed by atoms with Crippen LogP contribution in [0.25, 0.3) is 0 Å². The topological polar surface area (TPSA) is 47.6 Å². The van der Waals surface area contributed by atoms with Crippen LogP contribution < -0.4 is 14.8 Å². The minimum atomic E-state index is -0.634. The number of hydrogen-bond donors (Lipinski definition) is 1. The molecule has 3 rings (SSSR count). The van der Waals surface area contributed by atoms with Crippen molar-refractivity contribution < 1.29 is 14.3 Å². The normalized spacial score (nSPS) is 12.7. The molecular formula is C24H25NO3. The predicted molar refractivity (Wildman–Crippen MR) is 111 cm³/mol. The molecule has 2 atom stereocenters. The van der Waals surface area contributed by atoms with E-state index in [0.717, 1.165) is 16.9 Å². The van der Waals surface area contributed by atoms with E-state index in [-0.39, 0.29) is 11.9 Å². The Morgan fingerprint density at radius 1 is 0.821 bits per heavy atom. The lowest BCUT2D eigenvalue weighted by Crippen LogP contribution is -2.39. The van der Waals surface area contributed by atoms with Crippen LogP contribution in [0.3, 0.4) is 0 Å². The minimum absolute atomic E-state index is 0.176. The second kappa shape index (κ2) is 9.09. The summed E-state index contributed by atoms with van der Waals surface area (Å²) in [6, 6.07) is 25.1. The summed E-state index contributed by atoms with van der Waals surface area (Å²) in [6.07, 6.45) is -0.634. The molecular weight excluding hydrogens is 350 g/mol. The Balaban J connectivity index is 1.75. The Morgan fingerprint density at radius 2 is 1.39 bits per heavy atom. The zero-order chi connectivity index (χ0) is 19.9. The number of amides is 1. The monoisotopic (exact) mass is 375 g/mol. The summed E-state index contributed by atoms with van der Waals surface area (Å²) in [6.45, 7) is 3.79. The third-order valence-corrected chi connectivity index (χ3v) is 4.57. The number of carbonyl (C=O) groups is 1. The molecule has 0 saturated carbocycles. The van der Waals surface area contributed by atoms with Crippen LogP contribution in [0.1, 0.15) is 29.7 Å². The largest absolute Gasteiger partial charge is 0.497 e. The molecule has 0 aliphatic carbocycles. The van der Waals surface area contributed by atoms with Crippen molar-refractivity contribution >= 4 is 5.91 Å². The number of hydrogen-bond acceptors (Lipinski definition) is 3. The quantitative estimate of drug-likeness (QED) is 0.652. The molecule has 0 spiro atoms. The summed E-state index contributed by atoms with van der Waals surface area (Å²) >= 11 is 0. The smallest absolute Gasteiger partial charge is 0.261 e. The highest BCUT2D eigenvalue weighted by atomic mass is 16.5. The van der Waals surface area contributed by atoms with Gasteiger partial charge in [0.05, 0.1) is 13.2 Å². The van der Waals surface area contributed by atoms with Gasteiger partial charge in [-0.25, -0.2) is 0 Å². The van der Waals surface area contributed by atoms with E-state index in [0.29, 0.717) is 5.75 Å². The van der Waals surface area contributed by atoms with Gasteiger partial charge in [0.2, 0.25) is 0 Å². The first-order chi connectivity index (χ1) is 13.6. The van der Waals surface area contributed by atoms with Crippen LogP contribution in [0.15, 0.2) is 78.9 Å². The van der Waals surface area contributed by atoms with Gasteiger partial charge in [-0.15, -0.1) is 0 Å². The zero-order valence-electron chi connectivity index (χ0n) is 16.4. The third kappa shape index (κ3) is 4.92. The first-order valence-electron chi connectivity index (χ1n) is 9.29. The average molecular weight is 375 g/mol. The Kier molecular flexibility index (Phi) is 6.33. The second-order valence-electron chi connectivity index (χ2n) is 6.70. The van der Waals surface area contributed by atoms with Crippen molar-refractivity contribution in [2.45, 2.75) is 26.0 Å². The van der Waals surface area contributed by atoms with Gasteiger partial charge in [0, 0.05) is 0 Å². The molecule has 0 saturated heterocycles. The van der Waals surface area contributed by atoms with Gasteiger partial charge < -0.3 is 14.8 Å². The fourth-order valence-electron chi connectivity index (χ4n) is 2.94. The van der Waals surface area contributed by atoms with E-state index < -0.39 is 6.10 Å². The maximum absolute atomic E-state index is 12.8. The molecule has 0 aliphatic rings. The first-order valence-corrected chi connectivity index (χ1v) is 9.29. The van der Waals surface area contributed by atoms with Gasteiger partial charge in [-0.05, 0) is 49.2 Å². The van der Waals surface area contributed by atoms with Gasteiger partial charge in [-0.1, -0.05) is 60.2 Å². The molecule has 0 aliphatic heterocycles. The fraction of sp³-hybridized carbons (Fsp3) is 0.208. The molecule has 3 aromatic rings. The van der Waals surface area contributed by atoms with E-state index in [4.69, 9.17) is 9.47 Å². The predicted octanol–water partition coefficient (Wildman–Crippen LogP) is 4.68. The Bertz CT molecular complexity index is 889. The lowest BCUT2D eigenvalue weighted by molar-refractivity contribution is -0.127. The summed E-state index contributed by atoms with van der Waals surface area (Å²) in [7, 11) is 1.61. The van der Waals surface area contributed by atoms with Gasteiger partial charge in [-0.2, -0.15) is 0 Å². The Labute approximate surface area is 166 Å². The van der Waals surface area contributed by atoms with Gasteiger partial charge in [0.25, 0.3) is 5.91 Å². The van der Waals surface area contributed by atoms with Crippen molar-refractivity contribution in [2.24, 2.45) is 0 Å². The van der Waals surface area contributed by atoms with E-state index in [9.17, 15) is 4.79 Å². The molecule has 0 radical (unpaired) electrons. The van der Waals surface area contributed by atoms with E-state index in [1.54, 1.807) is 38.3 Å². The SMILES string of the molecule is COc1ccc(O[C@H](C)C(=O)N[C@H](c2ccccc2)c2ccc(C)cc2)cc1. The van der Waals surface area contributed by atoms with Gasteiger partial charge in [0.1, 0.15) is 11.5 Å². The van der Waals surface area contributed by atoms with Crippen molar-refractivity contribution in [3.8, 4) is 11.5 Å². The maximum atomic E-state index is 12.8. The van der Waals surface area contributed by atoms with E-state index >= 15 is 0 Å². The van der Waals surface area contributed by atoms with Crippen LogP contribution in [0.5, 0.6) is 11.5 Å². The van der Waals surface area contributed by atoms with E-state index in [1.165, 1.54) is 5.56 Å². The molecule has 0 fully saturated rings. The average Bonchev–Trinajstić information content (AvgIpc) is 2.73. The highest BCUT2D eigenvalue weighted by Gasteiger charge is 2.21. The highest BCUT2D eigenvalue weighted by molar-refractivity contribution is 5.81. The zero-order valence-corrected chi connectivity index (χ0v) is 16.4. The number of benzene rings is 3. The van der Waals surface area contributed by atoms with Gasteiger partial charge >= 0.3 is 0 Å². The van der Waals surface area contributed by atoms with Crippen LogP contribution in [-0.2, 0) is 4.79 Å². The number of rotatable bonds is 7. The molecule has 4 nitrogen and oxygen atoms in total. The van der Waals surface area contributed by atoms with Crippen molar-refractivity contribution in [1.82, 2.24) is 5.32 Å². The molecule has 1 amide bonds. The summed E-state index contributed by atoms with van der Waals surface area (Å²) < 4.78 is 10.9. The van der Waals surface area contributed by atoms with Crippen molar-refractivity contribution in [1.29, 1.82) is 0 Å². The third-order valence-electron chi connectivity index (χ3n) is 4.57. The summed E-state index contributed by atoms with van der Waals surface area (Å²) in [5, 5.41) is 3.12. The van der Waals surface area contributed by atoms with Gasteiger partial charge in [0.15, 0.2) is 6.10 Å². The summed E-state index contributed by atoms with van der Waals surface area (Å²) in [5.74, 6) is 1.19. The molecule has 4 heteroatoms. The standard InChI is InChI=1S/C24H25NO3/c1-17-9-11-20(12-10-17)23(19-7-5-4-6-8-19)25-24(26)18(2)28-22-15-13-21(27-3)14-16-22/h4-16,18,23H,1-3H3,(H,25,26)/t18-,23-/m1/s1. The number of methoxy groups -OCH3 is 1. The first kappa shape index (κ1) is 19.5. The summed E-state index contributed by atoms with van der Waals surface area (Å²) in [4.78, 5) is 12.8. The molecule has 0 aromatic heterocycles. The lowest BCUT2D eigenvalue weighted by atomic mass is 9.97. The molecule has 3 aromatic carbocycles. The molecule has 0 bridgehead atoms. The van der Waals surface area contributed by atoms with Crippen molar-refractivity contribution in [2.75, 3.05) is 7.11 Å². The van der Waals surface area contributed by atoms with E-state index in [1.807, 2.05) is 49.4 Å². The minimum Gasteiger partial charge on any atom is -0.497 e. The molecule has 0 unspecified atom stereocenters. The Morgan fingerprint density at radius 3 is 2.00 bits per heavy atom. The van der Waals surface area contributed by atoms with Crippen molar-refractivity contribution in [3.05, 3.63) is 95.6 Å². The van der Waals surface area contributed by atoms with Crippen LogP contribution in [0.4, 0.5) is 0 Å². The summed E-state index contributed by atoms with van der Waals surface area (Å²) in [5.41, 5.74) is 3.23. The number of aryl methyl sites for hydroxylation is 1. The maximum Gasteiger partial charge on any atom is 0.261 e. The molecule has 1 N–H and O–H groups in total. The number of nitrogens with one attached hydrogen (secondary N) is 1. The fourth-order valence-corrected chi connectivity index (χ4v) is 2.94. The molecule has 28 heavy (non-hydrogen) atoms. The molecule has 0 heterocycles. The van der Waals surface area contributed by atoms with Crippen LogP contribution >= 0.6 is 0 Å². The van der Waals surface area contributed by atoms with Crippen LogP contribution in [-0.4, -0.2) is 19.1 Å².